The lowest BCUT2D eigenvalue weighted by Gasteiger charge is -2.05. The molecule has 0 aliphatic rings. The number of fused-ring (bicyclic) bond motifs is 1. The van der Waals surface area contributed by atoms with Gasteiger partial charge in [0.05, 0.1) is 11.4 Å². The quantitative estimate of drug-likeness (QED) is 0.450. The van der Waals surface area contributed by atoms with E-state index >= 15 is 0 Å². The van der Waals surface area contributed by atoms with Gasteiger partial charge < -0.3 is 4.40 Å². The molecule has 0 unspecified atom stereocenters. The van der Waals surface area contributed by atoms with Crippen molar-refractivity contribution in [2.75, 3.05) is 0 Å². The van der Waals surface area contributed by atoms with Gasteiger partial charge in [0.2, 0.25) is 0 Å². The number of benzene rings is 1. The van der Waals surface area contributed by atoms with E-state index in [2.05, 4.69) is 37.2 Å². The number of rotatable bonds is 3. The summed E-state index contributed by atoms with van der Waals surface area (Å²) in [6.45, 7) is 0. The zero-order valence-corrected chi connectivity index (χ0v) is 14.4. The second kappa shape index (κ2) is 5.91. The lowest BCUT2D eigenvalue weighted by Crippen LogP contribution is -1.96. The van der Waals surface area contributed by atoms with E-state index in [1.807, 2.05) is 18.3 Å². The predicted molar refractivity (Wildman–Crippen MR) is 95.4 cm³/mol. The summed E-state index contributed by atoms with van der Waals surface area (Å²) in [6, 6.07) is 12.6. The van der Waals surface area contributed by atoms with Crippen LogP contribution in [0.25, 0.3) is 16.9 Å². The maximum atomic E-state index is 13.2. The molecule has 0 saturated carbocycles. The predicted octanol–water partition coefficient (Wildman–Crippen LogP) is 5.56. The molecule has 4 aromatic rings. The average Bonchev–Trinajstić information content (AvgIpc) is 3.17. The van der Waals surface area contributed by atoms with Crippen molar-refractivity contribution < 1.29 is 4.39 Å². The number of thiophene rings is 1. The molecule has 0 spiro atoms. The Morgan fingerprint density at radius 1 is 1.09 bits per heavy atom. The third-order valence-electron chi connectivity index (χ3n) is 3.75. The van der Waals surface area contributed by atoms with Crippen molar-refractivity contribution in [3.63, 3.8) is 0 Å². The second-order valence-electron chi connectivity index (χ2n) is 5.30. The van der Waals surface area contributed by atoms with Gasteiger partial charge in [-0.25, -0.2) is 9.37 Å². The van der Waals surface area contributed by atoms with E-state index in [1.165, 1.54) is 17.7 Å². The Labute approximate surface area is 145 Å². The molecular formula is C18H12BrFN2S. The number of pyridine rings is 1. The molecule has 3 heterocycles. The monoisotopic (exact) mass is 386 g/mol. The summed E-state index contributed by atoms with van der Waals surface area (Å²) in [5.74, 6) is -0.236. The molecule has 5 heteroatoms. The summed E-state index contributed by atoms with van der Waals surface area (Å²) in [4.78, 5) is 4.76. The lowest BCUT2D eigenvalue weighted by atomic mass is 10.1. The highest BCUT2D eigenvalue weighted by atomic mass is 79.9. The number of aromatic nitrogens is 2. The normalized spacial score (nSPS) is 11.2. The van der Waals surface area contributed by atoms with E-state index in [-0.39, 0.29) is 5.82 Å². The molecule has 1 aromatic carbocycles. The highest BCUT2D eigenvalue weighted by molar-refractivity contribution is 9.10. The van der Waals surface area contributed by atoms with Crippen LogP contribution in [0.3, 0.4) is 0 Å². The molecule has 0 N–H and O–H groups in total. The Hall–Kier alpha value is -1.98. The zero-order valence-electron chi connectivity index (χ0n) is 12.0. The molecule has 0 aliphatic carbocycles. The molecule has 0 saturated heterocycles. The van der Waals surface area contributed by atoms with Crippen LogP contribution in [0.4, 0.5) is 4.39 Å². The Bertz CT molecular complexity index is 959. The van der Waals surface area contributed by atoms with E-state index in [4.69, 9.17) is 4.98 Å². The molecule has 0 radical (unpaired) electrons. The summed E-state index contributed by atoms with van der Waals surface area (Å²) >= 11 is 5.21. The van der Waals surface area contributed by atoms with Gasteiger partial charge in [0, 0.05) is 22.7 Å². The summed E-state index contributed by atoms with van der Waals surface area (Å²) in [5.41, 5.74) is 5.06. The van der Waals surface area contributed by atoms with Crippen molar-refractivity contribution in [3.05, 3.63) is 81.0 Å². The summed E-state index contributed by atoms with van der Waals surface area (Å²) in [6.07, 6.45) is 2.81. The van der Waals surface area contributed by atoms with E-state index in [1.54, 1.807) is 23.5 Å². The van der Waals surface area contributed by atoms with Crippen LogP contribution in [0.1, 0.15) is 11.3 Å². The Balaban J connectivity index is 1.93. The van der Waals surface area contributed by atoms with Crippen molar-refractivity contribution in [2.45, 2.75) is 6.42 Å². The first-order valence-corrected chi connectivity index (χ1v) is 8.88. The molecule has 0 bridgehead atoms. The number of nitrogens with zero attached hydrogens (tertiary/aromatic N) is 2. The summed E-state index contributed by atoms with van der Waals surface area (Å²) in [5, 5.41) is 4.22. The van der Waals surface area contributed by atoms with Crippen LogP contribution >= 0.6 is 27.3 Å². The molecule has 0 fully saturated rings. The van der Waals surface area contributed by atoms with Gasteiger partial charge in [0.1, 0.15) is 11.5 Å². The third-order valence-corrected chi connectivity index (χ3v) is 4.95. The molecule has 0 aliphatic heterocycles. The molecule has 4 rings (SSSR count). The number of imidazole rings is 1. The molecule has 2 nitrogen and oxygen atoms in total. The zero-order chi connectivity index (χ0) is 15.8. The van der Waals surface area contributed by atoms with Gasteiger partial charge in [-0.3, -0.25) is 0 Å². The maximum absolute atomic E-state index is 13.2. The average molecular weight is 387 g/mol. The summed E-state index contributed by atoms with van der Waals surface area (Å²) in [7, 11) is 0. The fraction of sp³-hybridized carbons (Fsp3) is 0.0556. The fourth-order valence-corrected chi connectivity index (χ4v) is 3.67. The van der Waals surface area contributed by atoms with Crippen LogP contribution in [0, 0.1) is 5.82 Å². The van der Waals surface area contributed by atoms with E-state index in [0.717, 1.165) is 33.5 Å². The van der Waals surface area contributed by atoms with Gasteiger partial charge >= 0.3 is 0 Å². The van der Waals surface area contributed by atoms with E-state index in [9.17, 15) is 4.39 Å². The minimum atomic E-state index is -0.236. The standard InChI is InChI=1S/C18H12BrFN2S/c19-14-3-6-17-21-18(13-1-4-15(20)5-2-13)16(22(17)10-14)9-12-7-8-23-11-12/h1-8,10-11H,9H2. The van der Waals surface area contributed by atoms with Crippen LogP contribution in [0.2, 0.25) is 0 Å². The van der Waals surface area contributed by atoms with E-state index < -0.39 is 0 Å². The lowest BCUT2D eigenvalue weighted by molar-refractivity contribution is 0.628. The van der Waals surface area contributed by atoms with Crippen molar-refractivity contribution in [2.24, 2.45) is 0 Å². The maximum Gasteiger partial charge on any atom is 0.137 e. The van der Waals surface area contributed by atoms with Crippen LogP contribution in [-0.4, -0.2) is 9.38 Å². The molecule has 114 valence electrons. The molecule has 3 aromatic heterocycles. The van der Waals surface area contributed by atoms with Crippen molar-refractivity contribution >= 4 is 32.9 Å². The molecule has 0 amide bonds. The van der Waals surface area contributed by atoms with Gasteiger partial charge in [0.15, 0.2) is 0 Å². The van der Waals surface area contributed by atoms with Crippen molar-refractivity contribution in [3.8, 4) is 11.3 Å². The largest absolute Gasteiger partial charge is 0.302 e. The van der Waals surface area contributed by atoms with Crippen LogP contribution in [-0.2, 0) is 6.42 Å². The van der Waals surface area contributed by atoms with Crippen LogP contribution in [0.15, 0.2) is 63.9 Å². The number of hydrogen-bond acceptors (Lipinski definition) is 2. The first-order valence-electron chi connectivity index (χ1n) is 7.14. The highest BCUT2D eigenvalue weighted by Crippen LogP contribution is 2.28. The molecule has 23 heavy (non-hydrogen) atoms. The Morgan fingerprint density at radius 2 is 1.91 bits per heavy atom. The highest BCUT2D eigenvalue weighted by Gasteiger charge is 2.15. The fourth-order valence-electron chi connectivity index (χ4n) is 2.66. The SMILES string of the molecule is Fc1ccc(-c2nc3ccc(Br)cn3c2Cc2ccsc2)cc1. The van der Waals surface area contributed by atoms with Crippen LogP contribution < -0.4 is 0 Å². The minimum absolute atomic E-state index is 0.236. The minimum Gasteiger partial charge on any atom is -0.302 e. The second-order valence-corrected chi connectivity index (χ2v) is 6.99. The number of halogens is 2. The third kappa shape index (κ3) is 2.82. The Kier molecular flexibility index (Phi) is 3.75. The van der Waals surface area contributed by atoms with E-state index in [0.29, 0.717) is 0 Å². The molecular weight excluding hydrogens is 375 g/mol. The number of hydrogen-bond donors (Lipinski definition) is 0. The van der Waals surface area contributed by atoms with Gasteiger partial charge in [0.25, 0.3) is 0 Å². The first kappa shape index (κ1) is 14.6. The smallest absolute Gasteiger partial charge is 0.137 e. The van der Waals surface area contributed by atoms with Crippen LogP contribution in [0.5, 0.6) is 0 Å². The van der Waals surface area contributed by atoms with Gasteiger partial charge in [-0.2, -0.15) is 11.3 Å². The topological polar surface area (TPSA) is 17.3 Å². The van der Waals surface area contributed by atoms with Gasteiger partial charge in [-0.05, 0) is 74.7 Å². The molecule has 0 atom stereocenters. The first-order chi connectivity index (χ1) is 11.2. The Morgan fingerprint density at radius 3 is 2.65 bits per heavy atom. The van der Waals surface area contributed by atoms with Crippen molar-refractivity contribution in [1.82, 2.24) is 9.38 Å². The van der Waals surface area contributed by atoms with Gasteiger partial charge in [-0.1, -0.05) is 0 Å². The summed E-state index contributed by atoms with van der Waals surface area (Å²) < 4.78 is 16.3. The van der Waals surface area contributed by atoms with Crippen molar-refractivity contribution in [1.29, 1.82) is 0 Å². The van der Waals surface area contributed by atoms with Gasteiger partial charge in [-0.15, -0.1) is 0 Å².